The maximum Gasteiger partial charge on any atom is 0.0894 e. The van der Waals surface area contributed by atoms with Crippen LogP contribution in [-0.2, 0) is 9.57 Å². The topological polar surface area (TPSA) is 30.5 Å². The van der Waals surface area contributed by atoms with Gasteiger partial charge in [0.25, 0.3) is 0 Å². The second-order valence-electron chi connectivity index (χ2n) is 2.43. The van der Waals surface area contributed by atoms with Crippen LogP contribution in [0.25, 0.3) is 0 Å². The number of nitrogens with one attached hydrogen (secondary N) is 1. The van der Waals surface area contributed by atoms with Gasteiger partial charge in [0.2, 0.25) is 0 Å². The van der Waals surface area contributed by atoms with E-state index in [0.29, 0.717) is 0 Å². The first kappa shape index (κ1) is 6.99. The lowest BCUT2D eigenvalue weighted by Crippen LogP contribution is -2.59. The van der Waals surface area contributed by atoms with Gasteiger partial charge >= 0.3 is 0 Å². The van der Waals surface area contributed by atoms with Crippen LogP contribution in [0, 0.1) is 0 Å². The van der Waals surface area contributed by atoms with E-state index in [0.717, 1.165) is 19.6 Å². The molecule has 0 aromatic carbocycles. The van der Waals surface area contributed by atoms with E-state index in [1.165, 1.54) is 0 Å². The second-order valence-corrected chi connectivity index (χ2v) is 2.43. The Kier molecular flexibility index (Phi) is 2.05. The van der Waals surface area contributed by atoms with E-state index in [2.05, 4.69) is 12.4 Å². The van der Waals surface area contributed by atoms with Crippen LogP contribution in [0.15, 0.2) is 0 Å². The minimum atomic E-state index is 0.120. The number of ether oxygens (including phenoxy) is 1. The fourth-order valence-electron chi connectivity index (χ4n) is 0.900. The molecule has 9 heavy (non-hydrogen) atoms. The molecule has 0 saturated carbocycles. The van der Waals surface area contributed by atoms with Gasteiger partial charge in [0.1, 0.15) is 0 Å². The molecule has 1 heterocycles. The molecular weight excluding hydrogens is 118 g/mol. The van der Waals surface area contributed by atoms with Gasteiger partial charge in [-0.05, 0) is 6.42 Å². The Labute approximate surface area is 55.3 Å². The molecule has 54 valence electrons. The Hall–Kier alpha value is -0.120. The summed E-state index contributed by atoms with van der Waals surface area (Å²) in [5.41, 5.74) is 3.04. The van der Waals surface area contributed by atoms with Crippen molar-refractivity contribution in [3.8, 4) is 0 Å². The minimum absolute atomic E-state index is 0.120. The summed E-state index contributed by atoms with van der Waals surface area (Å²) in [6.07, 6.45) is 1.06. The molecule has 0 atom stereocenters. The molecule has 1 saturated heterocycles. The van der Waals surface area contributed by atoms with Crippen molar-refractivity contribution < 1.29 is 9.57 Å². The van der Waals surface area contributed by atoms with Crippen molar-refractivity contribution in [1.29, 1.82) is 0 Å². The molecular formula is C6H13NO2. The van der Waals surface area contributed by atoms with Gasteiger partial charge in [0.05, 0.1) is 25.9 Å². The maximum atomic E-state index is 5.04. The molecule has 1 aliphatic rings. The molecule has 1 aliphatic heterocycles. The third-order valence-electron chi connectivity index (χ3n) is 1.75. The fourth-order valence-corrected chi connectivity index (χ4v) is 0.900. The molecule has 0 spiro atoms. The summed E-state index contributed by atoms with van der Waals surface area (Å²) in [5, 5.41) is 0. The summed E-state index contributed by atoms with van der Waals surface area (Å²) in [5.74, 6) is 0. The number of rotatable bonds is 3. The van der Waals surface area contributed by atoms with E-state index in [1.807, 2.05) is 0 Å². The maximum absolute atomic E-state index is 5.04. The smallest absolute Gasteiger partial charge is 0.0894 e. The predicted octanol–water partition coefficient (Wildman–Crippen LogP) is 0.316. The van der Waals surface area contributed by atoms with Crippen LogP contribution >= 0.6 is 0 Å². The molecule has 1 N–H and O–H groups in total. The zero-order chi connectivity index (χ0) is 6.74. The molecule has 0 unspecified atom stereocenters. The third-order valence-corrected chi connectivity index (χ3v) is 1.75. The largest absolute Gasteiger partial charge is 0.377 e. The summed E-state index contributed by atoms with van der Waals surface area (Å²) < 4.78 is 5.04. The van der Waals surface area contributed by atoms with E-state index in [4.69, 9.17) is 9.57 Å². The van der Waals surface area contributed by atoms with Gasteiger partial charge < -0.3 is 9.57 Å². The van der Waals surface area contributed by atoms with E-state index in [-0.39, 0.29) is 5.54 Å². The van der Waals surface area contributed by atoms with Gasteiger partial charge in [-0.25, -0.2) is 0 Å². The Morgan fingerprint density at radius 3 is 2.44 bits per heavy atom. The lowest BCUT2D eigenvalue weighted by atomic mass is 9.96. The average molecular weight is 131 g/mol. The molecule has 0 aromatic rings. The van der Waals surface area contributed by atoms with Gasteiger partial charge in [-0.1, -0.05) is 6.92 Å². The normalized spacial score (nSPS) is 23.3. The van der Waals surface area contributed by atoms with Crippen molar-refractivity contribution in [3.05, 3.63) is 0 Å². The first-order valence-corrected chi connectivity index (χ1v) is 3.21. The van der Waals surface area contributed by atoms with Crippen molar-refractivity contribution in [2.75, 3.05) is 20.3 Å². The number of hydroxylamine groups is 1. The zero-order valence-electron chi connectivity index (χ0n) is 5.94. The Bertz CT molecular complexity index is 85.5. The standard InChI is InChI=1S/C6H13NO2/c1-3-6(7-8-2)4-9-5-6/h7H,3-5H2,1-2H3. The predicted molar refractivity (Wildman–Crippen MR) is 34.0 cm³/mol. The highest BCUT2D eigenvalue weighted by Gasteiger charge is 2.36. The van der Waals surface area contributed by atoms with Crippen molar-refractivity contribution in [2.24, 2.45) is 0 Å². The van der Waals surface area contributed by atoms with Gasteiger partial charge in [-0.3, -0.25) is 0 Å². The first-order valence-electron chi connectivity index (χ1n) is 3.21. The Morgan fingerprint density at radius 1 is 1.67 bits per heavy atom. The first-order chi connectivity index (χ1) is 4.33. The van der Waals surface area contributed by atoms with Gasteiger partial charge in [-0.2, -0.15) is 5.48 Å². The third kappa shape index (κ3) is 1.23. The summed E-state index contributed by atoms with van der Waals surface area (Å²) in [6.45, 7) is 3.67. The number of hydrogen-bond donors (Lipinski definition) is 1. The summed E-state index contributed by atoms with van der Waals surface area (Å²) in [4.78, 5) is 4.81. The highest BCUT2D eigenvalue weighted by Crippen LogP contribution is 2.19. The molecule has 3 heteroatoms. The summed E-state index contributed by atoms with van der Waals surface area (Å²) >= 11 is 0. The van der Waals surface area contributed by atoms with Crippen LogP contribution in [0.2, 0.25) is 0 Å². The second kappa shape index (κ2) is 2.64. The van der Waals surface area contributed by atoms with Crippen molar-refractivity contribution >= 4 is 0 Å². The van der Waals surface area contributed by atoms with Gasteiger partial charge in [0, 0.05) is 0 Å². The molecule has 0 aromatic heterocycles. The van der Waals surface area contributed by atoms with Crippen LogP contribution in [0.1, 0.15) is 13.3 Å². The van der Waals surface area contributed by atoms with Gasteiger partial charge in [0.15, 0.2) is 0 Å². The monoisotopic (exact) mass is 131 g/mol. The van der Waals surface area contributed by atoms with E-state index in [9.17, 15) is 0 Å². The molecule has 0 bridgehead atoms. The van der Waals surface area contributed by atoms with Crippen molar-refractivity contribution in [3.63, 3.8) is 0 Å². The minimum Gasteiger partial charge on any atom is -0.377 e. The molecule has 3 nitrogen and oxygen atoms in total. The van der Waals surface area contributed by atoms with Crippen LogP contribution in [0.4, 0.5) is 0 Å². The quantitative estimate of drug-likeness (QED) is 0.559. The zero-order valence-corrected chi connectivity index (χ0v) is 5.94. The van der Waals surface area contributed by atoms with E-state index < -0.39 is 0 Å². The summed E-state index contributed by atoms with van der Waals surface area (Å²) in [7, 11) is 1.63. The van der Waals surface area contributed by atoms with Crippen molar-refractivity contribution in [2.45, 2.75) is 18.9 Å². The fraction of sp³-hybridized carbons (Fsp3) is 1.00. The van der Waals surface area contributed by atoms with E-state index in [1.54, 1.807) is 7.11 Å². The highest BCUT2D eigenvalue weighted by atomic mass is 16.6. The van der Waals surface area contributed by atoms with Gasteiger partial charge in [-0.15, -0.1) is 0 Å². The SMILES string of the molecule is CCC1(NOC)COC1. The van der Waals surface area contributed by atoms with Crippen LogP contribution in [0.3, 0.4) is 0 Å². The van der Waals surface area contributed by atoms with Crippen LogP contribution in [0.5, 0.6) is 0 Å². The Morgan fingerprint density at radius 2 is 2.33 bits per heavy atom. The molecule has 0 aliphatic carbocycles. The lowest BCUT2D eigenvalue weighted by molar-refractivity contribution is -0.140. The van der Waals surface area contributed by atoms with Crippen LogP contribution < -0.4 is 5.48 Å². The molecule has 1 fully saturated rings. The number of hydrogen-bond acceptors (Lipinski definition) is 3. The summed E-state index contributed by atoms with van der Waals surface area (Å²) in [6, 6.07) is 0. The van der Waals surface area contributed by atoms with Crippen molar-refractivity contribution in [1.82, 2.24) is 5.48 Å². The van der Waals surface area contributed by atoms with E-state index >= 15 is 0 Å². The molecule has 0 amide bonds. The molecule has 0 radical (unpaired) electrons. The highest BCUT2D eigenvalue weighted by molar-refractivity contribution is 4.89. The van der Waals surface area contributed by atoms with Crippen LogP contribution in [-0.4, -0.2) is 25.9 Å². The Balaban J connectivity index is 2.28. The molecule has 1 rings (SSSR count). The average Bonchev–Trinajstić information content (AvgIpc) is 1.79. The lowest BCUT2D eigenvalue weighted by Gasteiger charge is -2.40.